The van der Waals surface area contributed by atoms with Crippen molar-refractivity contribution in [3.63, 3.8) is 0 Å². The lowest BCUT2D eigenvalue weighted by Gasteiger charge is -2.29. The molecular weight excluding hydrogens is 346 g/mol. The summed E-state index contributed by atoms with van der Waals surface area (Å²) in [4.78, 5) is 0. The van der Waals surface area contributed by atoms with Crippen molar-refractivity contribution in [3.05, 3.63) is 35.0 Å². The van der Waals surface area contributed by atoms with Crippen LogP contribution in [-0.4, -0.2) is 41.8 Å². The van der Waals surface area contributed by atoms with Gasteiger partial charge in [-0.2, -0.15) is 0 Å². The molecule has 1 saturated heterocycles. The van der Waals surface area contributed by atoms with E-state index in [1.165, 1.54) is 0 Å². The highest BCUT2D eigenvalue weighted by atomic mass is 16.8. The number of hydrogen-bond acceptors (Lipinski definition) is 5. The predicted molar refractivity (Wildman–Crippen MR) is 102 cm³/mol. The Balaban J connectivity index is 1.63. The molecule has 4 rings (SSSR count). The van der Waals surface area contributed by atoms with Gasteiger partial charge in [-0.25, -0.2) is 4.74 Å². The van der Waals surface area contributed by atoms with Gasteiger partial charge < -0.3 is 24.2 Å². The summed E-state index contributed by atoms with van der Waals surface area (Å²) in [6.07, 6.45) is 3.78. The van der Waals surface area contributed by atoms with E-state index in [-0.39, 0.29) is 24.9 Å². The molecule has 146 valence electrons. The molecule has 6 heteroatoms. The summed E-state index contributed by atoms with van der Waals surface area (Å²) in [6.45, 7) is 8.33. The third-order valence-corrected chi connectivity index (χ3v) is 5.35. The Bertz CT molecular complexity index is 794. The Morgan fingerprint density at radius 1 is 1.19 bits per heavy atom. The van der Waals surface area contributed by atoms with E-state index in [4.69, 9.17) is 18.9 Å². The zero-order valence-corrected chi connectivity index (χ0v) is 16.4. The highest BCUT2D eigenvalue weighted by Crippen LogP contribution is 2.45. The van der Waals surface area contributed by atoms with Gasteiger partial charge in [0.15, 0.2) is 29.5 Å². The molecule has 0 aromatic heterocycles. The van der Waals surface area contributed by atoms with E-state index >= 15 is 0 Å². The molecule has 1 fully saturated rings. The van der Waals surface area contributed by atoms with Crippen LogP contribution in [0.3, 0.4) is 0 Å². The van der Waals surface area contributed by atoms with Crippen LogP contribution in [0.15, 0.2) is 24.3 Å². The van der Waals surface area contributed by atoms with E-state index in [1.54, 1.807) is 0 Å². The van der Waals surface area contributed by atoms with Crippen LogP contribution in [0.2, 0.25) is 0 Å². The second-order valence-corrected chi connectivity index (χ2v) is 8.12. The minimum Gasteiger partial charge on any atom is -0.624 e. The maximum atomic E-state index is 12.0. The average Bonchev–Trinajstić information content (AvgIpc) is 3.20. The van der Waals surface area contributed by atoms with Crippen LogP contribution in [-0.2, 0) is 9.47 Å². The summed E-state index contributed by atoms with van der Waals surface area (Å²) in [7, 11) is 0. The number of nitrogens with zero attached hydrogens (tertiary/aromatic N) is 1. The van der Waals surface area contributed by atoms with Crippen LogP contribution < -0.4 is 9.47 Å². The molecule has 2 aliphatic heterocycles. The number of hydroxylamine groups is 1. The topological polar surface area (TPSA) is 63.0 Å². The Morgan fingerprint density at radius 3 is 2.74 bits per heavy atom. The molecule has 0 unspecified atom stereocenters. The zero-order valence-electron chi connectivity index (χ0n) is 16.4. The van der Waals surface area contributed by atoms with Crippen molar-refractivity contribution in [2.75, 3.05) is 13.3 Å². The number of hydrogen-bond donors (Lipinski definition) is 0. The molecule has 0 saturated carbocycles. The molecule has 1 aromatic carbocycles. The molecule has 0 amide bonds. The molecule has 1 aliphatic carbocycles. The molecule has 3 aliphatic rings. The molecule has 1 aromatic rings. The van der Waals surface area contributed by atoms with E-state index < -0.39 is 5.79 Å². The number of allylic oxidation sites excluding steroid dienone is 1. The molecule has 0 radical (unpaired) electrons. The van der Waals surface area contributed by atoms with Crippen LogP contribution in [0.4, 0.5) is 0 Å². The Kier molecular flexibility index (Phi) is 4.64. The van der Waals surface area contributed by atoms with Gasteiger partial charge in [0.2, 0.25) is 6.79 Å². The van der Waals surface area contributed by atoms with Crippen molar-refractivity contribution >= 4 is 11.3 Å². The summed E-state index contributed by atoms with van der Waals surface area (Å²) >= 11 is 0. The molecule has 2 heterocycles. The van der Waals surface area contributed by atoms with Crippen LogP contribution in [0, 0.1) is 11.1 Å². The Labute approximate surface area is 160 Å². The molecule has 27 heavy (non-hydrogen) atoms. The SMILES string of the molecule is CC(C)=[N+]([O-])CC[C@H]1C=C(c2ccc3c(c2)OCO3)[C@H]2OC(C)(C)O[C@H]2C1. The van der Waals surface area contributed by atoms with E-state index in [2.05, 4.69) is 6.08 Å². The van der Waals surface area contributed by atoms with E-state index in [1.807, 2.05) is 45.9 Å². The zero-order chi connectivity index (χ0) is 19.2. The largest absolute Gasteiger partial charge is 0.624 e. The van der Waals surface area contributed by atoms with Gasteiger partial charge >= 0.3 is 0 Å². The molecule has 0 bridgehead atoms. The Morgan fingerprint density at radius 2 is 1.96 bits per heavy atom. The maximum absolute atomic E-state index is 12.0. The van der Waals surface area contributed by atoms with Crippen molar-refractivity contribution in [3.8, 4) is 11.5 Å². The standard InChI is InChI=1S/C21H27NO5/c1-13(2)22(23)8-7-14-9-16(20-19(10-14)26-21(3,4)27-20)15-5-6-17-18(11-15)25-12-24-17/h5-6,9,11,14,19-20H,7-8,10,12H2,1-4H3/t14-,19-,20+/m0/s1. The first-order valence-corrected chi connectivity index (χ1v) is 9.54. The summed E-state index contributed by atoms with van der Waals surface area (Å²) in [5, 5.41) is 12.0. The first-order valence-electron chi connectivity index (χ1n) is 9.54. The Hall–Kier alpha value is -2.05. The van der Waals surface area contributed by atoms with E-state index in [0.29, 0.717) is 6.54 Å². The van der Waals surface area contributed by atoms with Gasteiger partial charge in [0.25, 0.3) is 0 Å². The first-order chi connectivity index (χ1) is 12.8. The molecule has 0 spiro atoms. The monoisotopic (exact) mass is 373 g/mol. The second kappa shape index (κ2) is 6.84. The lowest BCUT2D eigenvalue weighted by molar-refractivity contribution is -0.460. The third-order valence-electron chi connectivity index (χ3n) is 5.35. The number of rotatable bonds is 4. The second-order valence-electron chi connectivity index (χ2n) is 8.12. The van der Waals surface area contributed by atoms with E-state index in [0.717, 1.165) is 45.9 Å². The fourth-order valence-electron chi connectivity index (χ4n) is 4.03. The van der Waals surface area contributed by atoms with E-state index in [9.17, 15) is 5.21 Å². The summed E-state index contributed by atoms with van der Waals surface area (Å²) in [6, 6.07) is 5.98. The van der Waals surface area contributed by atoms with Gasteiger partial charge in [-0.1, -0.05) is 12.1 Å². The molecule has 0 N–H and O–H groups in total. The smallest absolute Gasteiger partial charge is 0.231 e. The van der Waals surface area contributed by atoms with Crippen molar-refractivity contribution in [2.24, 2.45) is 5.92 Å². The number of benzene rings is 1. The van der Waals surface area contributed by atoms with Gasteiger partial charge in [-0.05, 0) is 49.5 Å². The highest BCUT2D eigenvalue weighted by molar-refractivity contribution is 5.74. The van der Waals surface area contributed by atoms with Gasteiger partial charge in [0, 0.05) is 20.3 Å². The number of ether oxygens (including phenoxy) is 4. The lowest BCUT2D eigenvalue weighted by atomic mass is 9.82. The third kappa shape index (κ3) is 3.69. The molecule has 6 nitrogen and oxygen atoms in total. The quantitative estimate of drug-likeness (QED) is 0.348. The van der Waals surface area contributed by atoms with Crippen molar-refractivity contribution < 1.29 is 23.7 Å². The fraction of sp³-hybridized carbons (Fsp3) is 0.571. The summed E-state index contributed by atoms with van der Waals surface area (Å²) in [5.41, 5.74) is 2.94. The van der Waals surface area contributed by atoms with Gasteiger partial charge in [-0.15, -0.1) is 0 Å². The lowest BCUT2D eigenvalue weighted by Crippen LogP contribution is -2.31. The minimum absolute atomic E-state index is 0.0118. The highest BCUT2D eigenvalue weighted by Gasteiger charge is 2.46. The van der Waals surface area contributed by atoms with Crippen molar-refractivity contribution in [2.45, 2.75) is 58.5 Å². The van der Waals surface area contributed by atoms with Gasteiger partial charge in [0.1, 0.15) is 6.10 Å². The van der Waals surface area contributed by atoms with Crippen LogP contribution in [0.5, 0.6) is 11.5 Å². The maximum Gasteiger partial charge on any atom is 0.231 e. The van der Waals surface area contributed by atoms with Crippen LogP contribution in [0.1, 0.15) is 46.1 Å². The number of fused-ring (bicyclic) bond motifs is 2. The first kappa shape index (κ1) is 18.3. The fourth-order valence-corrected chi connectivity index (χ4v) is 4.03. The normalized spacial score (nSPS) is 27.9. The van der Waals surface area contributed by atoms with Crippen molar-refractivity contribution in [1.82, 2.24) is 0 Å². The van der Waals surface area contributed by atoms with Crippen LogP contribution in [0.25, 0.3) is 5.57 Å². The molecule has 3 atom stereocenters. The van der Waals surface area contributed by atoms with Crippen LogP contribution >= 0.6 is 0 Å². The predicted octanol–water partition coefficient (Wildman–Crippen LogP) is 3.72. The van der Waals surface area contributed by atoms with Crippen molar-refractivity contribution in [1.29, 1.82) is 0 Å². The van der Waals surface area contributed by atoms with Gasteiger partial charge in [-0.3, -0.25) is 0 Å². The molecular formula is C21H27NO5. The summed E-state index contributed by atoms with van der Waals surface area (Å²) in [5.74, 6) is 1.17. The average molecular weight is 373 g/mol. The van der Waals surface area contributed by atoms with Gasteiger partial charge in [0.05, 0.1) is 6.10 Å². The summed E-state index contributed by atoms with van der Waals surface area (Å²) < 4.78 is 24.4. The minimum atomic E-state index is -0.613.